The van der Waals surface area contributed by atoms with Gasteiger partial charge in [-0.15, -0.1) is 0 Å². The highest BCUT2D eigenvalue weighted by Crippen LogP contribution is 2.30. The Labute approximate surface area is 106 Å². The largest absolute Gasteiger partial charge is 0.416 e. The maximum absolute atomic E-state index is 12.6. The van der Waals surface area contributed by atoms with Crippen LogP contribution in [0.2, 0.25) is 0 Å². The zero-order valence-corrected chi connectivity index (χ0v) is 10.8. The summed E-state index contributed by atoms with van der Waals surface area (Å²) in [4.78, 5) is 0. The predicted octanol–water partition coefficient (Wildman–Crippen LogP) is 3.88. The summed E-state index contributed by atoms with van der Waals surface area (Å²) in [5.41, 5.74) is 0.202. The summed E-state index contributed by atoms with van der Waals surface area (Å²) in [5, 5.41) is 3.24. The Morgan fingerprint density at radius 1 is 1.22 bits per heavy atom. The van der Waals surface area contributed by atoms with Gasteiger partial charge in [0, 0.05) is 0 Å². The second-order valence-corrected chi connectivity index (χ2v) is 4.48. The molecular weight excluding hydrogens is 239 g/mol. The predicted molar refractivity (Wildman–Crippen MR) is 67.5 cm³/mol. The van der Waals surface area contributed by atoms with Crippen LogP contribution in [0.1, 0.15) is 31.4 Å². The second-order valence-electron chi connectivity index (χ2n) is 4.48. The van der Waals surface area contributed by atoms with Crippen molar-refractivity contribution in [1.29, 1.82) is 0 Å². The highest BCUT2D eigenvalue weighted by molar-refractivity contribution is 5.26. The lowest BCUT2D eigenvalue weighted by atomic mass is 9.95. The van der Waals surface area contributed by atoms with Crippen molar-refractivity contribution in [3.8, 4) is 0 Å². The van der Waals surface area contributed by atoms with E-state index in [-0.39, 0.29) is 0 Å². The van der Waals surface area contributed by atoms with E-state index in [1.165, 1.54) is 12.1 Å². The molecule has 0 heterocycles. The molecule has 1 N–H and O–H groups in total. The van der Waals surface area contributed by atoms with Gasteiger partial charge in [0.05, 0.1) is 5.56 Å². The van der Waals surface area contributed by atoms with E-state index in [1.54, 1.807) is 6.07 Å². The standard InChI is InChI=1S/C14H20F3N/c1-3-11(10-18-4-2)8-12-6-5-7-13(9-12)14(15,16)17/h5-7,9,11,18H,3-4,8,10H2,1-2H3. The first-order valence-corrected chi connectivity index (χ1v) is 6.34. The number of benzene rings is 1. The van der Waals surface area contributed by atoms with Crippen LogP contribution in [0, 0.1) is 5.92 Å². The van der Waals surface area contributed by atoms with Crippen LogP contribution < -0.4 is 5.32 Å². The van der Waals surface area contributed by atoms with Gasteiger partial charge in [0.1, 0.15) is 0 Å². The summed E-state index contributed by atoms with van der Waals surface area (Å²) >= 11 is 0. The summed E-state index contributed by atoms with van der Waals surface area (Å²) < 4.78 is 37.7. The van der Waals surface area contributed by atoms with E-state index in [9.17, 15) is 13.2 Å². The fourth-order valence-electron chi connectivity index (χ4n) is 1.92. The van der Waals surface area contributed by atoms with Crippen molar-refractivity contribution in [2.75, 3.05) is 13.1 Å². The van der Waals surface area contributed by atoms with E-state index >= 15 is 0 Å². The highest BCUT2D eigenvalue weighted by atomic mass is 19.4. The third-order valence-corrected chi connectivity index (χ3v) is 3.04. The van der Waals surface area contributed by atoms with Gasteiger partial charge >= 0.3 is 6.18 Å². The Morgan fingerprint density at radius 2 is 1.94 bits per heavy atom. The number of rotatable bonds is 6. The molecule has 0 amide bonds. The molecule has 18 heavy (non-hydrogen) atoms. The first-order valence-electron chi connectivity index (χ1n) is 6.34. The van der Waals surface area contributed by atoms with Crippen LogP contribution in [-0.4, -0.2) is 13.1 Å². The van der Waals surface area contributed by atoms with E-state index in [0.717, 1.165) is 31.1 Å². The summed E-state index contributed by atoms with van der Waals surface area (Å²) in [6.07, 6.45) is -2.60. The third kappa shape index (κ3) is 4.69. The van der Waals surface area contributed by atoms with E-state index in [0.29, 0.717) is 12.3 Å². The number of nitrogens with one attached hydrogen (secondary N) is 1. The lowest BCUT2D eigenvalue weighted by molar-refractivity contribution is -0.137. The van der Waals surface area contributed by atoms with Crippen LogP contribution in [0.4, 0.5) is 13.2 Å². The van der Waals surface area contributed by atoms with Gasteiger partial charge in [-0.25, -0.2) is 0 Å². The van der Waals surface area contributed by atoms with Gasteiger partial charge in [-0.2, -0.15) is 13.2 Å². The van der Waals surface area contributed by atoms with E-state index < -0.39 is 11.7 Å². The SMILES string of the molecule is CCNCC(CC)Cc1cccc(C(F)(F)F)c1. The Bertz CT molecular complexity index is 360. The van der Waals surface area contributed by atoms with Crippen LogP contribution in [0.5, 0.6) is 0 Å². The molecular formula is C14H20F3N. The fraction of sp³-hybridized carbons (Fsp3) is 0.571. The minimum atomic E-state index is -4.25. The summed E-state index contributed by atoms with van der Waals surface area (Å²) in [6, 6.07) is 5.63. The minimum absolute atomic E-state index is 0.383. The number of hydrogen-bond donors (Lipinski definition) is 1. The van der Waals surface area contributed by atoms with Crippen molar-refractivity contribution in [2.45, 2.75) is 32.9 Å². The van der Waals surface area contributed by atoms with Crippen molar-refractivity contribution in [3.05, 3.63) is 35.4 Å². The summed E-state index contributed by atoms with van der Waals surface area (Å²) in [7, 11) is 0. The molecule has 0 bridgehead atoms. The molecule has 0 aromatic heterocycles. The molecule has 0 radical (unpaired) electrons. The van der Waals surface area contributed by atoms with E-state index in [2.05, 4.69) is 12.2 Å². The molecule has 1 aromatic rings. The van der Waals surface area contributed by atoms with Gasteiger partial charge in [-0.05, 0) is 37.1 Å². The first kappa shape index (κ1) is 15.0. The van der Waals surface area contributed by atoms with Gasteiger partial charge in [0.25, 0.3) is 0 Å². The number of alkyl halides is 3. The van der Waals surface area contributed by atoms with Crippen LogP contribution >= 0.6 is 0 Å². The average Bonchev–Trinajstić information content (AvgIpc) is 2.33. The quantitative estimate of drug-likeness (QED) is 0.817. The van der Waals surface area contributed by atoms with Crippen molar-refractivity contribution in [3.63, 3.8) is 0 Å². The first-order chi connectivity index (χ1) is 8.47. The molecule has 0 fully saturated rings. The van der Waals surface area contributed by atoms with Crippen LogP contribution in [0.15, 0.2) is 24.3 Å². The van der Waals surface area contributed by atoms with Crippen LogP contribution in [0.25, 0.3) is 0 Å². The molecule has 0 aliphatic carbocycles. The molecule has 1 nitrogen and oxygen atoms in total. The van der Waals surface area contributed by atoms with Crippen LogP contribution in [-0.2, 0) is 12.6 Å². The molecule has 0 spiro atoms. The molecule has 1 unspecified atom stereocenters. The molecule has 1 aromatic carbocycles. The molecule has 4 heteroatoms. The van der Waals surface area contributed by atoms with Crippen molar-refractivity contribution in [2.24, 2.45) is 5.92 Å². The molecule has 0 aliphatic heterocycles. The molecule has 0 aliphatic rings. The van der Waals surface area contributed by atoms with Crippen molar-refractivity contribution >= 4 is 0 Å². The fourth-order valence-corrected chi connectivity index (χ4v) is 1.92. The highest BCUT2D eigenvalue weighted by Gasteiger charge is 2.30. The third-order valence-electron chi connectivity index (χ3n) is 3.04. The van der Waals surface area contributed by atoms with E-state index in [4.69, 9.17) is 0 Å². The maximum atomic E-state index is 12.6. The number of halogens is 3. The van der Waals surface area contributed by atoms with Crippen LogP contribution in [0.3, 0.4) is 0 Å². The molecule has 0 saturated carbocycles. The Morgan fingerprint density at radius 3 is 2.50 bits per heavy atom. The monoisotopic (exact) mass is 259 g/mol. The normalized spacial score (nSPS) is 13.6. The smallest absolute Gasteiger partial charge is 0.317 e. The van der Waals surface area contributed by atoms with Crippen molar-refractivity contribution in [1.82, 2.24) is 5.32 Å². The zero-order valence-electron chi connectivity index (χ0n) is 10.8. The maximum Gasteiger partial charge on any atom is 0.416 e. The zero-order chi connectivity index (χ0) is 13.6. The number of hydrogen-bond acceptors (Lipinski definition) is 1. The summed E-state index contributed by atoms with van der Waals surface area (Å²) in [6.45, 7) is 5.83. The van der Waals surface area contributed by atoms with E-state index in [1.807, 2.05) is 6.92 Å². The Kier molecular flexibility index (Phi) is 5.66. The molecule has 0 saturated heterocycles. The lowest BCUT2D eigenvalue weighted by Gasteiger charge is -2.16. The second kappa shape index (κ2) is 6.78. The molecule has 1 rings (SSSR count). The van der Waals surface area contributed by atoms with Gasteiger partial charge in [-0.3, -0.25) is 0 Å². The van der Waals surface area contributed by atoms with Gasteiger partial charge in [0.2, 0.25) is 0 Å². The van der Waals surface area contributed by atoms with Gasteiger partial charge in [0.15, 0.2) is 0 Å². The average molecular weight is 259 g/mol. The molecule has 102 valence electrons. The lowest BCUT2D eigenvalue weighted by Crippen LogP contribution is -2.23. The molecule has 1 atom stereocenters. The van der Waals surface area contributed by atoms with Crippen molar-refractivity contribution < 1.29 is 13.2 Å². The minimum Gasteiger partial charge on any atom is -0.317 e. The Hall–Kier alpha value is -1.03. The van der Waals surface area contributed by atoms with Gasteiger partial charge in [-0.1, -0.05) is 38.5 Å². The topological polar surface area (TPSA) is 12.0 Å². The Balaban J connectivity index is 2.71. The van der Waals surface area contributed by atoms with Gasteiger partial charge < -0.3 is 5.32 Å². The summed E-state index contributed by atoms with van der Waals surface area (Å²) in [5.74, 6) is 0.383.